The van der Waals surface area contributed by atoms with Crippen molar-refractivity contribution in [2.75, 3.05) is 0 Å². The average molecular weight is 295 g/mol. The second kappa shape index (κ2) is 4.69. The summed E-state index contributed by atoms with van der Waals surface area (Å²) in [6, 6.07) is 5.96. The molecule has 0 heterocycles. The maximum atomic E-state index is 11.9. The zero-order valence-corrected chi connectivity index (χ0v) is 9.34. The van der Waals surface area contributed by atoms with Gasteiger partial charge in [0.1, 0.15) is 5.76 Å². The van der Waals surface area contributed by atoms with E-state index < -0.39 is 17.7 Å². The van der Waals surface area contributed by atoms with Gasteiger partial charge in [0.2, 0.25) is 0 Å². The normalized spacial score (nSPS) is 12.6. The summed E-state index contributed by atoms with van der Waals surface area (Å²) in [5, 5.41) is 9.30. The number of halogens is 4. The van der Waals surface area contributed by atoms with Gasteiger partial charge in [-0.3, -0.25) is 4.79 Å². The summed E-state index contributed by atoms with van der Waals surface area (Å²) in [4.78, 5) is 10.6. The molecule has 1 rings (SSSR count). The number of ketones is 1. The minimum Gasteiger partial charge on any atom is -0.507 e. The Labute approximate surface area is 97.5 Å². The van der Waals surface area contributed by atoms with E-state index in [-0.39, 0.29) is 11.6 Å². The van der Waals surface area contributed by atoms with E-state index in [0.29, 0.717) is 4.47 Å². The van der Waals surface area contributed by atoms with Crippen molar-refractivity contribution < 1.29 is 23.1 Å². The molecule has 1 aromatic carbocycles. The highest BCUT2D eigenvalue weighted by Gasteiger charge is 2.36. The molecule has 0 bridgehead atoms. The standard InChI is InChI=1S/C10H6BrF3O2/c11-7-3-1-2-6(4-7)8(15)5-9(16)10(12,13)14/h1-5,15H/b8-5-. The second-order valence-corrected chi connectivity index (χ2v) is 3.82. The molecule has 1 aromatic rings. The van der Waals surface area contributed by atoms with Gasteiger partial charge in [0.25, 0.3) is 5.78 Å². The quantitative estimate of drug-likeness (QED) is 0.670. The van der Waals surface area contributed by atoms with Crippen molar-refractivity contribution in [1.29, 1.82) is 0 Å². The van der Waals surface area contributed by atoms with Crippen molar-refractivity contribution in [2.45, 2.75) is 6.18 Å². The molecule has 0 aliphatic rings. The van der Waals surface area contributed by atoms with Crippen molar-refractivity contribution in [2.24, 2.45) is 0 Å². The van der Waals surface area contributed by atoms with Crippen LogP contribution in [0.25, 0.3) is 5.76 Å². The fraction of sp³-hybridized carbons (Fsp3) is 0.100. The van der Waals surface area contributed by atoms with Crippen LogP contribution in [0.2, 0.25) is 0 Å². The lowest BCUT2D eigenvalue weighted by molar-refractivity contribution is -0.165. The third kappa shape index (κ3) is 3.37. The molecule has 86 valence electrons. The maximum absolute atomic E-state index is 11.9. The number of carbonyl (C=O) groups excluding carboxylic acids is 1. The summed E-state index contributed by atoms with van der Waals surface area (Å²) in [6.45, 7) is 0. The highest BCUT2D eigenvalue weighted by atomic mass is 79.9. The Bertz CT molecular complexity index is 438. The molecule has 0 aliphatic carbocycles. The molecule has 16 heavy (non-hydrogen) atoms. The van der Waals surface area contributed by atoms with Gasteiger partial charge in [-0.25, -0.2) is 0 Å². The van der Waals surface area contributed by atoms with Gasteiger partial charge in [0, 0.05) is 16.1 Å². The third-order valence-electron chi connectivity index (χ3n) is 1.67. The zero-order chi connectivity index (χ0) is 12.3. The summed E-state index contributed by atoms with van der Waals surface area (Å²) < 4.78 is 36.3. The van der Waals surface area contributed by atoms with Crippen LogP contribution in [0.3, 0.4) is 0 Å². The predicted octanol–water partition coefficient (Wildman–Crippen LogP) is 3.48. The molecule has 0 saturated carbocycles. The summed E-state index contributed by atoms with van der Waals surface area (Å²) in [6.07, 6.45) is -4.82. The van der Waals surface area contributed by atoms with E-state index in [0.717, 1.165) is 0 Å². The maximum Gasteiger partial charge on any atom is 0.454 e. The van der Waals surface area contributed by atoms with Crippen LogP contribution in [0, 0.1) is 0 Å². The number of alkyl halides is 3. The van der Waals surface area contributed by atoms with E-state index >= 15 is 0 Å². The van der Waals surface area contributed by atoms with Crippen LogP contribution in [0.5, 0.6) is 0 Å². The Morgan fingerprint density at radius 3 is 2.50 bits per heavy atom. The number of rotatable bonds is 2. The zero-order valence-electron chi connectivity index (χ0n) is 7.75. The topological polar surface area (TPSA) is 37.3 Å². The Hall–Kier alpha value is -1.30. The first kappa shape index (κ1) is 12.8. The molecule has 2 nitrogen and oxygen atoms in total. The number of allylic oxidation sites excluding steroid dienone is 1. The fourth-order valence-corrected chi connectivity index (χ4v) is 1.34. The van der Waals surface area contributed by atoms with E-state index in [1.54, 1.807) is 6.07 Å². The molecule has 0 saturated heterocycles. The number of hydrogen-bond acceptors (Lipinski definition) is 2. The minimum absolute atomic E-state index is 0.131. The molecule has 0 aromatic heterocycles. The van der Waals surface area contributed by atoms with Gasteiger partial charge in [0.15, 0.2) is 0 Å². The smallest absolute Gasteiger partial charge is 0.454 e. The van der Waals surface area contributed by atoms with Crippen LogP contribution in [0.4, 0.5) is 13.2 Å². The lowest BCUT2D eigenvalue weighted by Crippen LogP contribution is -2.20. The highest BCUT2D eigenvalue weighted by Crippen LogP contribution is 2.21. The first-order chi connectivity index (χ1) is 7.30. The first-order valence-electron chi connectivity index (χ1n) is 4.08. The number of hydrogen-bond donors (Lipinski definition) is 1. The SMILES string of the molecule is O=C(/C=C(\O)c1cccc(Br)c1)C(F)(F)F. The molecule has 0 atom stereocenters. The van der Waals surface area contributed by atoms with Gasteiger partial charge in [-0.15, -0.1) is 0 Å². The number of benzene rings is 1. The summed E-state index contributed by atoms with van der Waals surface area (Å²) >= 11 is 3.09. The van der Waals surface area contributed by atoms with E-state index in [4.69, 9.17) is 0 Å². The Morgan fingerprint density at radius 2 is 2.00 bits per heavy atom. The van der Waals surface area contributed by atoms with Crippen LogP contribution in [0.15, 0.2) is 34.8 Å². The minimum atomic E-state index is -4.97. The highest BCUT2D eigenvalue weighted by molar-refractivity contribution is 9.10. The molecular weight excluding hydrogens is 289 g/mol. The van der Waals surface area contributed by atoms with Gasteiger partial charge in [-0.1, -0.05) is 28.1 Å². The van der Waals surface area contributed by atoms with Gasteiger partial charge < -0.3 is 5.11 Å². The van der Waals surface area contributed by atoms with Crippen LogP contribution < -0.4 is 0 Å². The van der Waals surface area contributed by atoms with Crippen molar-refractivity contribution in [3.63, 3.8) is 0 Å². The molecule has 0 amide bonds. The van der Waals surface area contributed by atoms with Crippen LogP contribution >= 0.6 is 15.9 Å². The lowest BCUT2D eigenvalue weighted by Gasteiger charge is -2.03. The fourth-order valence-electron chi connectivity index (χ4n) is 0.937. The van der Waals surface area contributed by atoms with Crippen molar-refractivity contribution in [1.82, 2.24) is 0 Å². The van der Waals surface area contributed by atoms with Gasteiger partial charge in [-0.2, -0.15) is 13.2 Å². The van der Waals surface area contributed by atoms with Crippen molar-refractivity contribution >= 4 is 27.5 Å². The lowest BCUT2D eigenvalue weighted by atomic mass is 10.1. The van der Waals surface area contributed by atoms with Gasteiger partial charge in [0.05, 0.1) is 0 Å². The molecule has 0 unspecified atom stereocenters. The van der Waals surface area contributed by atoms with Crippen molar-refractivity contribution in [3.05, 3.63) is 40.4 Å². The van der Waals surface area contributed by atoms with Crippen LogP contribution in [-0.4, -0.2) is 17.1 Å². The van der Waals surface area contributed by atoms with Crippen LogP contribution in [-0.2, 0) is 4.79 Å². The molecule has 1 N–H and O–H groups in total. The molecule has 6 heteroatoms. The Kier molecular flexibility index (Phi) is 3.74. The Balaban J connectivity index is 2.99. The molecule has 0 fully saturated rings. The van der Waals surface area contributed by atoms with Crippen molar-refractivity contribution in [3.8, 4) is 0 Å². The van der Waals surface area contributed by atoms with E-state index in [1.807, 2.05) is 0 Å². The van der Waals surface area contributed by atoms with E-state index in [2.05, 4.69) is 15.9 Å². The summed E-state index contributed by atoms with van der Waals surface area (Å²) in [5.74, 6) is -2.81. The first-order valence-corrected chi connectivity index (χ1v) is 4.88. The third-order valence-corrected chi connectivity index (χ3v) is 2.16. The van der Waals surface area contributed by atoms with E-state index in [9.17, 15) is 23.1 Å². The number of aliphatic hydroxyl groups excluding tert-OH is 1. The molecule has 0 aliphatic heterocycles. The summed E-state index contributed by atoms with van der Waals surface area (Å²) in [5.41, 5.74) is 0.131. The number of aliphatic hydroxyl groups is 1. The van der Waals surface area contributed by atoms with Gasteiger partial charge in [-0.05, 0) is 12.1 Å². The van der Waals surface area contributed by atoms with Crippen LogP contribution in [0.1, 0.15) is 5.56 Å². The van der Waals surface area contributed by atoms with Gasteiger partial charge >= 0.3 is 6.18 Å². The molecular formula is C10H6BrF3O2. The molecule has 0 spiro atoms. The second-order valence-electron chi connectivity index (χ2n) is 2.90. The monoisotopic (exact) mass is 294 g/mol. The van der Waals surface area contributed by atoms with E-state index in [1.165, 1.54) is 18.2 Å². The molecule has 0 radical (unpaired) electrons. The Morgan fingerprint density at radius 1 is 1.38 bits per heavy atom. The summed E-state index contributed by atoms with van der Waals surface area (Å²) in [7, 11) is 0. The largest absolute Gasteiger partial charge is 0.507 e. The number of carbonyl (C=O) groups is 1. The predicted molar refractivity (Wildman–Crippen MR) is 55.8 cm³/mol. The average Bonchev–Trinajstić information content (AvgIpc) is 2.16.